The average Bonchev–Trinajstić information content (AvgIpc) is 3.40. The zero-order chi connectivity index (χ0) is 24.7. The van der Waals surface area contributed by atoms with Crippen molar-refractivity contribution in [2.45, 2.75) is 38.2 Å². The Morgan fingerprint density at radius 2 is 1.89 bits per heavy atom. The number of carbonyl (C=O) groups excluding carboxylic acids is 1. The summed E-state index contributed by atoms with van der Waals surface area (Å²) in [7, 11) is 1.39. The van der Waals surface area contributed by atoms with E-state index in [9.17, 15) is 4.79 Å². The molecular formula is C27H31N5O4. The van der Waals surface area contributed by atoms with Crippen LogP contribution in [0.4, 0.5) is 16.2 Å². The van der Waals surface area contributed by atoms with Crippen LogP contribution >= 0.6 is 0 Å². The Kier molecular flexibility index (Phi) is 7.61. The number of nitrogens with zero attached hydrogens (tertiary/aromatic N) is 2. The molecule has 0 spiro atoms. The molecule has 2 heterocycles. The summed E-state index contributed by atoms with van der Waals surface area (Å²) < 4.78 is 6.30. The van der Waals surface area contributed by atoms with Gasteiger partial charge in [0.2, 0.25) is 5.88 Å². The third-order valence-electron chi connectivity index (χ3n) is 6.69. The minimum atomic E-state index is -0.503. The van der Waals surface area contributed by atoms with Gasteiger partial charge >= 0.3 is 6.03 Å². The van der Waals surface area contributed by atoms with Crippen molar-refractivity contribution < 1.29 is 19.3 Å². The third kappa shape index (κ3) is 5.59. The van der Waals surface area contributed by atoms with Gasteiger partial charge in [-0.25, -0.2) is 9.78 Å². The van der Waals surface area contributed by atoms with E-state index in [4.69, 9.17) is 9.68 Å². The quantitative estimate of drug-likeness (QED) is 0.319. The number of carbonyl (C=O) groups is 1. The van der Waals surface area contributed by atoms with Crippen LogP contribution in [0.15, 0.2) is 60.8 Å². The lowest BCUT2D eigenvalue weighted by atomic mass is 9.98. The minimum absolute atomic E-state index is 0.113. The highest BCUT2D eigenvalue weighted by Crippen LogP contribution is 2.38. The molecule has 3 N–H and O–H groups in total. The molecule has 36 heavy (non-hydrogen) atoms. The highest BCUT2D eigenvalue weighted by Gasteiger charge is 2.23. The predicted octanol–water partition coefficient (Wildman–Crippen LogP) is 4.40. The molecule has 9 heteroatoms. The molecule has 188 valence electrons. The van der Waals surface area contributed by atoms with Crippen molar-refractivity contribution in [1.29, 1.82) is 0 Å². The van der Waals surface area contributed by atoms with Gasteiger partial charge in [-0.1, -0.05) is 36.0 Å². The van der Waals surface area contributed by atoms with Gasteiger partial charge in [0.15, 0.2) is 0 Å². The molecule has 1 aromatic heterocycles. The van der Waals surface area contributed by atoms with Crippen LogP contribution in [0.5, 0.6) is 5.88 Å². The average molecular weight is 490 g/mol. The summed E-state index contributed by atoms with van der Waals surface area (Å²) >= 11 is 0. The Morgan fingerprint density at radius 1 is 1.06 bits per heavy atom. The number of hydrogen-bond acceptors (Lipinski definition) is 7. The van der Waals surface area contributed by atoms with E-state index < -0.39 is 6.03 Å². The summed E-state index contributed by atoms with van der Waals surface area (Å²) in [5, 5.41) is 2.95. The van der Waals surface area contributed by atoms with Crippen LogP contribution in [0.1, 0.15) is 30.4 Å². The van der Waals surface area contributed by atoms with Gasteiger partial charge in [-0.05, 0) is 54.2 Å². The zero-order valence-electron chi connectivity index (χ0n) is 20.3. The van der Waals surface area contributed by atoms with Crippen LogP contribution in [0.25, 0.3) is 11.1 Å². The Morgan fingerprint density at radius 3 is 2.69 bits per heavy atom. The first kappa shape index (κ1) is 24.1. The second-order valence-electron chi connectivity index (χ2n) is 8.95. The first-order valence-electron chi connectivity index (χ1n) is 12.3. The number of fused-ring (bicyclic) bond motifs is 1. The van der Waals surface area contributed by atoms with Crippen LogP contribution in [-0.2, 0) is 22.6 Å². The van der Waals surface area contributed by atoms with Crippen molar-refractivity contribution in [2.24, 2.45) is 0 Å². The highest BCUT2D eigenvalue weighted by molar-refractivity contribution is 5.96. The van der Waals surface area contributed by atoms with E-state index in [0.717, 1.165) is 67.6 Å². The number of piperidine rings is 1. The summed E-state index contributed by atoms with van der Waals surface area (Å²) in [4.78, 5) is 28.6. The fourth-order valence-electron chi connectivity index (χ4n) is 4.98. The number of aromatic nitrogens is 1. The Bertz CT molecular complexity index is 1180. The molecule has 1 aliphatic heterocycles. The number of benzene rings is 2. The maximum absolute atomic E-state index is 12.4. The summed E-state index contributed by atoms with van der Waals surface area (Å²) in [6.45, 7) is 1.89. The van der Waals surface area contributed by atoms with E-state index >= 15 is 0 Å². The second-order valence-corrected chi connectivity index (χ2v) is 8.95. The molecule has 0 saturated carbocycles. The van der Waals surface area contributed by atoms with E-state index in [1.54, 1.807) is 6.20 Å². The summed E-state index contributed by atoms with van der Waals surface area (Å²) in [6.07, 6.45) is 6.70. The number of rotatable bonds is 8. The van der Waals surface area contributed by atoms with E-state index in [2.05, 4.69) is 61.5 Å². The van der Waals surface area contributed by atoms with Crippen molar-refractivity contribution in [3.8, 4) is 17.0 Å². The van der Waals surface area contributed by atoms with E-state index in [0.29, 0.717) is 5.88 Å². The number of para-hydroxylation sites is 1. The third-order valence-corrected chi connectivity index (χ3v) is 6.69. The monoisotopic (exact) mass is 489 g/mol. The van der Waals surface area contributed by atoms with Gasteiger partial charge in [-0.15, -0.1) is 0 Å². The lowest BCUT2D eigenvalue weighted by molar-refractivity contribution is -0.179. The smallest absolute Gasteiger partial charge is 0.344 e. The SMILES string of the molecule is CONONC(=O)Nc1c(-c2ccnc(OC3CCN(c4ccccc4)CC3)c2)ccc2c1CCC2. The van der Waals surface area contributed by atoms with Crippen molar-refractivity contribution >= 4 is 17.4 Å². The molecule has 0 bridgehead atoms. The van der Waals surface area contributed by atoms with E-state index in [-0.39, 0.29) is 6.10 Å². The summed E-state index contributed by atoms with van der Waals surface area (Å²) in [5.41, 5.74) is 10.6. The maximum Gasteiger partial charge on any atom is 0.344 e. The highest BCUT2D eigenvalue weighted by atomic mass is 17.0. The van der Waals surface area contributed by atoms with Gasteiger partial charge in [0.05, 0.1) is 12.8 Å². The van der Waals surface area contributed by atoms with Crippen LogP contribution in [0.2, 0.25) is 0 Å². The largest absolute Gasteiger partial charge is 0.474 e. The number of aryl methyl sites for hydroxylation is 1. The van der Waals surface area contributed by atoms with Gasteiger partial charge in [0.25, 0.3) is 0 Å². The number of hydroxylamine groups is 1. The molecule has 1 aliphatic carbocycles. The van der Waals surface area contributed by atoms with Crippen LogP contribution in [0, 0.1) is 0 Å². The minimum Gasteiger partial charge on any atom is -0.474 e. The number of pyridine rings is 1. The van der Waals surface area contributed by atoms with Crippen molar-refractivity contribution in [2.75, 3.05) is 30.4 Å². The Balaban J connectivity index is 1.30. The number of nitrogens with one attached hydrogen (secondary N) is 3. The topological polar surface area (TPSA) is 97.0 Å². The molecule has 2 aromatic carbocycles. The van der Waals surface area contributed by atoms with Gasteiger partial charge in [-0.3, -0.25) is 4.84 Å². The van der Waals surface area contributed by atoms with Gasteiger partial charge < -0.3 is 15.0 Å². The molecule has 2 amide bonds. The number of urea groups is 1. The number of ether oxygens (including phenoxy) is 1. The summed E-state index contributed by atoms with van der Waals surface area (Å²) in [6, 6.07) is 18.1. The fourth-order valence-corrected chi connectivity index (χ4v) is 4.98. The number of hydrogen-bond donors (Lipinski definition) is 3. The van der Waals surface area contributed by atoms with Gasteiger partial charge in [-0.2, -0.15) is 10.4 Å². The zero-order valence-corrected chi connectivity index (χ0v) is 20.3. The lowest BCUT2D eigenvalue weighted by Crippen LogP contribution is -2.38. The molecule has 9 nitrogen and oxygen atoms in total. The molecule has 3 aromatic rings. The number of amides is 2. The van der Waals surface area contributed by atoms with Gasteiger partial charge in [0.1, 0.15) is 6.10 Å². The fraction of sp³-hybridized carbons (Fsp3) is 0.333. The molecule has 1 fully saturated rings. The van der Waals surface area contributed by atoms with E-state index in [1.807, 2.05) is 24.3 Å². The van der Waals surface area contributed by atoms with Crippen LogP contribution < -0.4 is 26.1 Å². The van der Waals surface area contributed by atoms with Crippen LogP contribution in [-0.4, -0.2) is 37.3 Å². The first-order valence-corrected chi connectivity index (χ1v) is 12.3. The first-order chi connectivity index (χ1) is 17.7. The Labute approximate surface area is 210 Å². The standard InChI is InChI=1S/C27H31N5O4/c1-34-31-36-30-27(33)29-26-23-9-5-6-19(23)10-11-24(26)20-12-15-28-25(18-20)35-22-13-16-32(17-14-22)21-7-3-2-4-8-21/h2-4,7-8,10-12,15,18,22,31H,5-6,9,13-14,16-17H2,1H3,(H2,29,30,33). The predicted molar refractivity (Wildman–Crippen MR) is 137 cm³/mol. The maximum atomic E-state index is 12.4. The van der Waals surface area contributed by atoms with Crippen molar-refractivity contribution in [1.82, 2.24) is 16.1 Å². The van der Waals surface area contributed by atoms with Crippen molar-refractivity contribution in [3.63, 3.8) is 0 Å². The molecule has 5 rings (SSSR count). The van der Waals surface area contributed by atoms with E-state index in [1.165, 1.54) is 18.4 Å². The molecule has 0 unspecified atom stereocenters. The number of anilines is 2. The summed E-state index contributed by atoms with van der Waals surface area (Å²) in [5.74, 6) is 0.592. The molecule has 2 aliphatic rings. The second kappa shape index (κ2) is 11.4. The molecule has 0 atom stereocenters. The Hall–Kier alpha value is -3.66. The molecular weight excluding hydrogens is 458 g/mol. The lowest BCUT2D eigenvalue weighted by Gasteiger charge is -2.33. The normalized spacial score (nSPS) is 15.4. The molecule has 1 saturated heterocycles. The van der Waals surface area contributed by atoms with Gasteiger partial charge in [0, 0.05) is 49.4 Å². The van der Waals surface area contributed by atoms with Crippen molar-refractivity contribution in [3.05, 3.63) is 71.9 Å². The molecule has 0 radical (unpaired) electrons. The van der Waals surface area contributed by atoms with Crippen LogP contribution in [0.3, 0.4) is 0 Å².